The third-order valence-electron chi connectivity index (χ3n) is 7.49. The normalized spacial score (nSPS) is 17.8. The molecular formula is C28H31N7O4. The topological polar surface area (TPSA) is 125 Å². The van der Waals surface area contributed by atoms with Gasteiger partial charge in [0.15, 0.2) is 0 Å². The van der Waals surface area contributed by atoms with E-state index in [0.717, 1.165) is 61.8 Å². The molecule has 0 amide bonds. The summed E-state index contributed by atoms with van der Waals surface area (Å²) in [6.45, 7) is 8.13. The summed E-state index contributed by atoms with van der Waals surface area (Å²) in [6, 6.07) is 6.23. The first-order valence-electron chi connectivity index (χ1n) is 13.3. The van der Waals surface area contributed by atoms with E-state index in [2.05, 4.69) is 27.6 Å². The van der Waals surface area contributed by atoms with Crippen molar-refractivity contribution in [3.05, 3.63) is 41.2 Å². The van der Waals surface area contributed by atoms with Gasteiger partial charge >= 0.3 is 0 Å². The van der Waals surface area contributed by atoms with E-state index < -0.39 is 0 Å². The minimum atomic E-state index is -0.0431. The molecular weight excluding hydrogens is 498 g/mol. The summed E-state index contributed by atoms with van der Waals surface area (Å²) in [5.41, 5.74) is 5.42. The molecule has 0 bridgehead atoms. The van der Waals surface area contributed by atoms with E-state index in [1.54, 1.807) is 7.11 Å². The van der Waals surface area contributed by atoms with Gasteiger partial charge < -0.3 is 29.0 Å². The van der Waals surface area contributed by atoms with Crippen molar-refractivity contribution in [2.24, 2.45) is 0 Å². The largest absolute Gasteiger partial charge is 0.496 e. The van der Waals surface area contributed by atoms with E-state index in [-0.39, 0.29) is 6.10 Å². The molecule has 1 unspecified atom stereocenters. The molecule has 2 aliphatic rings. The van der Waals surface area contributed by atoms with Gasteiger partial charge in [-0.05, 0) is 45.7 Å². The lowest BCUT2D eigenvalue weighted by Crippen LogP contribution is -2.32. The van der Waals surface area contributed by atoms with Crippen molar-refractivity contribution >= 4 is 33.6 Å². The molecule has 5 heterocycles. The number of H-pyrrole nitrogens is 1. The first-order chi connectivity index (χ1) is 19.0. The number of anilines is 2. The van der Waals surface area contributed by atoms with Gasteiger partial charge in [-0.2, -0.15) is 5.10 Å². The summed E-state index contributed by atoms with van der Waals surface area (Å²) in [4.78, 5) is 13.0. The van der Waals surface area contributed by atoms with Crippen molar-refractivity contribution in [3.8, 4) is 16.9 Å². The molecule has 11 heteroatoms. The maximum Gasteiger partial charge on any atom is 0.145 e. The Bertz CT molecular complexity index is 1670. The molecule has 4 aromatic heterocycles. The van der Waals surface area contributed by atoms with Crippen molar-refractivity contribution in [2.45, 2.75) is 52.2 Å². The fourth-order valence-corrected chi connectivity index (χ4v) is 5.47. The van der Waals surface area contributed by atoms with Gasteiger partial charge in [-0.15, -0.1) is 0 Å². The van der Waals surface area contributed by atoms with Crippen LogP contribution in [-0.2, 0) is 16.0 Å². The molecule has 1 saturated carbocycles. The number of hydrogen-bond acceptors (Lipinski definition) is 9. The second kappa shape index (κ2) is 9.35. The van der Waals surface area contributed by atoms with Crippen LogP contribution in [0.25, 0.3) is 33.1 Å². The molecule has 0 spiro atoms. The standard InChI is InChI=1S/C28H31N7O4/c1-14-25(15(2)39-34-14)20-9-22-19(10-23(20)36-4)26-27(31-22)29-16(3)30-28(26)32-24-11-21(17-5-6-17)33-35(24)12-18-13-37-7-8-38-18/h9-11,17-18H,5-8,12-13H2,1-4H3,(H2,29,30,31,32). The summed E-state index contributed by atoms with van der Waals surface area (Å²) < 4.78 is 24.8. The Labute approximate surface area is 224 Å². The van der Waals surface area contributed by atoms with Crippen LogP contribution in [0.5, 0.6) is 5.75 Å². The highest BCUT2D eigenvalue weighted by Crippen LogP contribution is 2.42. The molecule has 2 N–H and O–H groups in total. The van der Waals surface area contributed by atoms with Crippen LogP contribution in [0.15, 0.2) is 22.7 Å². The number of nitrogens with zero attached hydrogens (tertiary/aromatic N) is 5. The molecule has 1 saturated heterocycles. The van der Waals surface area contributed by atoms with Crippen LogP contribution in [0, 0.1) is 20.8 Å². The van der Waals surface area contributed by atoms with E-state index in [0.29, 0.717) is 43.9 Å². The fraction of sp³-hybridized carbons (Fsp3) is 0.429. The summed E-state index contributed by atoms with van der Waals surface area (Å²) in [7, 11) is 1.67. The number of fused-ring (bicyclic) bond motifs is 3. The Morgan fingerprint density at radius 2 is 2.00 bits per heavy atom. The number of aryl methyl sites for hydroxylation is 3. The zero-order valence-electron chi connectivity index (χ0n) is 22.5. The van der Waals surface area contributed by atoms with Crippen LogP contribution in [0.4, 0.5) is 11.6 Å². The number of nitrogens with one attached hydrogen (secondary N) is 2. The lowest BCUT2D eigenvalue weighted by molar-refractivity contribution is -0.0944. The number of benzene rings is 1. The second-order valence-electron chi connectivity index (χ2n) is 10.4. The maximum atomic E-state index is 5.92. The van der Waals surface area contributed by atoms with Crippen molar-refractivity contribution in [2.75, 3.05) is 32.2 Å². The number of rotatable bonds is 7. The molecule has 202 valence electrons. The predicted octanol–water partition coefficient (Wildman–Crippen LogP) is 4.93. The van der Waals surface area contributed by atoms with Gasteiger partial charge in [0.25, 0.3) is 0 Å². The summed E-state index contributed by atoms with van der Waals surface area (Å²) in [5.74, 6) is 4.22. The Balaban J connectivity index is 1.34. The molecule has 0 radical (unpaired) electrons. The Morgan fingerprint density at radius 1 is 1.13 bits per heavy atom. The highest BCUT2D eigenvalue weighted by Gasteiger charge is 2.29. The van der Waals surface area contributed by atoms with Gasteiger partial charge in [0.2, 0.25) is 0 Å². The highest BCUT2D eigenvalue weighted by molar-refractivity contribution is 6.13. The van der Waals surface area contributed by atoms with Gasteiger partial charge in [-0.25, -0.2) is 14.6 Å². The van der Waals surface area contributed by atoms with Crippen molar-refractivity contribution in [3.63, 3.8) is 0 Å². The lowest BCUT2D eigenvalue weighted by atomic mass is 10.0. The molecule has 1 aromatic carbocycles. The van der Waals surface area contributed by atoms with Gasteiger partial charge in [0, 0.05) is 28.5 Å². The number of aromatic amines is 1. The number of aromatic nitrogens is 6. The van der Waals surface area contributed by atoms with E-state index in [1.807, 2.05) is 31.5 Å². The molecule has 5 aromatic rings. The molecule has 1 aliphatic heterocycles. The van der Waals surface area contributed by atoms with Crippen LogP contribution in [-0.4, -0.2) is 62.9 Å². The monoisotopic (exact) mass is 529 g/mol. The van der Waals surface area contributed by atoms with Crippen LogP contribution in [0.1, 0.15) is 41.7 Å². The highest BCUT2D eigenvalue weighted by atomic mass is 16.6. The van der Waals surface area contributed by atoms with Gasteiger partial charge in [-0.3, -0.25) is 0 Å². The molecule has 1 atom stereocenters. The summed E-state index contributed by atoms with van der Waals surface area (Å²) >= 11 is 0. The van der Waals surface area contributed by atoms with Gasteiger partial charge in [0.05, 0.1) is 55.8 Å². The van der Waals surface area contributed by atoms with Gasteiger partial charge in [0.1, 0.15) is 40.7 Å². The molecule has 7 rings (SSSR count). The second-order valence-corrected chi connectivity index (χ2v) is 10.4. The number of methoxy groups -OCH3 is 1. The minimum Gasteiger partial charge on any atom is -0.496 e. The third-order valence-corrected chi connectivity index (χ3v) is 7.49. The van der Waals surface area contributed by atoms with E-state index in [1.165, 1.54) is 12.8 Å². The van der Waals surface area contributed by atoms with Crippen molar-refractivity contribution in [1.82, 2.24) is 29.9 Å². The van der Waals surface area contributed by atoms with Crippen LogP contribution in [0.2, 0.25) is 0 Å². The summed E-state index contributed by atoms with van der Waals surface area (Å²) in [5, 5.41) is 14.5. The summed E-state index contributed by atoms with van der Waals surface area (Å²) in [6.07, 6.45) is 2.30. The van der Waals surface area contributed by atoms with Crippen molar-refractivity contribution in [1.29, 1.82) is 0 Å². The lowest BCUT2D eigenvalue weighted by Gasteiger charge is -2.23. The Kier molecular flexibility index (Phi) is 5.78. The van der Waals surface area contributed by atoms with Crippen LogP contribution in [0.3, 0.4) is 0 Å². The average Bonchev–Trinajstić information content (AvgIpc) is 3.50. The number of hydrogen-bond donors (Lipinski definition) is 2. The molecule has 39 heavy (non-hydrogen) atoms. The van der Waals surface area contributed by atoms with E-state index in [9.17, 15) is 0 Å². The zero-order chi connectivity index (χ0) is 26.7. The van der Waals surface area contributed by atoms with E-state index in [4.69, 9.17) is 33.8 Å². The third kappa shape index (κ3) is 4.31. The quantitative estimate of drug-likeness (QED) is 0.302. The molecule has 2 fully saturated rings. The molecule has 11 nitrogen and oxygen atoms in total. The maximum absolute atomic E-state index is 5.92. The minimum absolute atomic E-state index is 0.0431. The predicted molar refractivity (Wildman–Crippen MR) is 146 cm³/mol. The first kappa shape index (κ1) is 24.1. The number of ether oxygens (including phenoxy) is 3. The Hall–Kier alpha value is -3.96. The zero-order valence-corrected chi connectivity index (χ0v) is 22.5. The smallest absolute Gasteiger partial charge is 0.145 e. The first-order valence-corrected chi connectivity index (χ1v) is 13.3. The van der Waals surface area contributed by atoms with E-state index >= 15 is 0 Å². The fourth-order valence-electron chi connectivity index (χ4n) is 5.47. The van der Waals surface area contributed by atoms with Crippen LogP contribution < -0.4 is 10.1 Å². The van der Waals surface area contributed by atoms with Crippen LogP contribution >= 0.6 is 0 Å². The average molecular weight is 530 g/mol. The van der Waals surface area contributed by atoms with Gasteiger partial charge in [-0.1, -0.05) is 5.16 Å². The van der Waals surface area contributed by atoms with Crippen molar-refractivity contribution < 1.29 is 18.7 Å². The molecule has 1 aliphatic carbocycles. The SMILES string of the molecule is COc1cc2c(cc1-c1c(C)noc1C)[nH]c1nc(C)nc(Nc3cc(C4CC4)nn3CC3COCCO3)c12. The Morgan fingerprint density at radius 3 is 2.72 bits per heavy atom.